The van der Waals surface area contributed by atoms with E-state index in [1.807, 2.05) is 19.1 Å². The van der Waals surface area contributed by atoms with Crippen molar-refractivity contribution in [3.05, 3.63) is 29.3 Å². The second kappa shape index (κ2) is 4.58. The second-order valence-electron chi connectivity index (χ2n) is 8.24. The first-order valence-electron chi connectivity index (χ1n) is 8.49. The van der Waals surface area contributed by atoms with Crippen molar-refractivity contribution in [2.75, 3.05) is 5.32 Å². The number of benzene rings is 1. The quantitative estimate of drug-likeness (QED) is 0.877. The van der Waals surface area contributed by atoms with Gasteiger partial charge in [-0.2, -0.15) is 0 Å². The minimum Gasteiger partial charge on any atom is -0.390 e. The van der Waals surface area contributed by atoms with E-state index in [0.717, 1.165) is 36.9 Å². The Bertz CT molecular complexity index is 622. The number of aliphatic hydroxyl groups is 1. The highest BCUT2D eigenvalue weighted by molar-refractivity contribution is 5.96. The number of amides is 1. The molecule has 2 N–H and O–H groups in total. The Kier molecular flexibility index (Phi) is 2.96. The number of hydrogen-bond donors (Lipinski definition) is 2. The summed E-state index contributed by atoms with van der Waals surface area (Å²) in [5.74, 6) is 1.21. The Morgan fingerprint density at radius 3 is 2.45 bits per heavy atom. The Labute approximate surface area is 132 Å². The molecular formula is C19H25NO2. The summed E-state index contributed by atoms with van der Waals surface area (Å²) in [5.41, 5.74) is 2.31. The Hall–Kier alpha value is -1.35. The van der Waals surface area contributed by atoms with Gasteiger partial charge in [-0.3, -0.25) is 4.79 Å². The molecular weight excluding hydrogens is 274 g/mol. The molecule has 0 spiro atoms. The molecule has 4 saturated carbocycles. The molecule has 0 radical (unpaired) electrons. The number of rotatable bonds is 2. The summed E-state index contributed by atoms with van der Waals surface area (Å²) in [7, 11) is 0. The van der Waals surface area contributed by atoms with E-state index in [2.05, 4.69) is 18.3 Å². The molecule has 3 nitrogen and oxygen atoms in total. The van der Waals surface area contributed by atoms with Crippen molar-refractivity contribution in [2.24, 2.45) is 17.3 Å². The van der Waals surface area contributed by atoms with E-state index in [1.165, 1.54) is 12.0 Å². The van der Waals surface area contributed by atoms with Crippen molar-refractivity contribution in [1.29, 1.82) is 0 Å². The molecule has 118 valence electrons. The average Bonchev–Trinajstić information content (AvgIpc) is 2.39. The zero-order chi connectivity index (χ0) is 15.5. The first kappa shape index (κ1) is 14.3. The van der Waals surface area contributed by atoms with Crippen molar-refractivity contribution < 1.29 is 9.90 Å². The molecule has 4 aliphatic carbocycles. The van der Waals surface area contributed by atoms with Crippen LogP contribution in [0, 0.1) is 31.1 Å². The third kappa shape index (κ3) is 2.18. The summed E-state index contributed by atoms with van der Waals surface area (Å²) >= 11 is 0. The van der Waals surface area contributed by atoms with Crippen molar-refractivity contribution in [2.45, 2.75) is 58.0 Å². The summed E-state index contributed by atoms with van der Waals surface area (Å²) in [5, 5.41) is 14.0. The van der Waals surface area contributed by atoms with Gasteiger partial charge in [-0.1, -0.05) is 17.7 Å². The molecule has 4 fully saturated rings. The number of nitrogens with one attached hydrogen (secondary N) is 1. The maximum atomic E-state index is 13.0. The van der Waals surface area contributed by atoms with Gasteiger partial charge in [-0.05, 0) is 75.8 Å². The van der Waals surface area contributed by atoms with Gasteiger partial charge in [0.2, 0.25) is 5.91 Å². The van der Waals surface area contributed by atoms with Crippen LogP contribution in [0.15, 0.2) is 18.2 Å². The SMILES string of the molecule is Cc1ccc(NC(=O)C23CC4CC(CC(O)(C4)C2)C3)c(C)c1. The number of aryl methyl sites for hydroxylation is 2. The highest BCUT2D eigenvalue weighted by atomic mass is 16.3. The molecule has 2 atom stereocenters. The van der Waals surface area contributed by atoms with E-state index in [0.29, 0.717) is 18.3 Å². The molecule has 1 amide bonds. The van der Waals surface area contributed by atoms with Crippen LogP contribution in [0.2, 0.25) is 0 Å². The van der Waals surface area contributed by atoms with Gasteiger partial charge in [0, 0.05) is 5.69 Å². The molecule has 4 bridgehead atoms. The van der Waals surface area contributed by atoms with Gasteiger partial charge in [-0.25, -0.2) is 0 Å². The van der Waals surface area contributed by atoms with Crippen molar-refractivity contribution >= 4 is 11.6 Å². The van der Waals surface area contributed by atoms with Gasteiger partial charge in [-0.15, -0.1) is 0 Å². The van der Waals surface area contributed by atoms with Crippen molar-refractivity contribution in [3.8, 4) is 0 Å². The summed E-state index contributed by atoms with van der Waals surface area (Å²) in [6, 6.07) is 6.14. The van der Waals surface area contributed by atoms with Gasteiger partial charge in [0.15, 0.2) is 0 Å². The third-order valence-electron chi connectivity index (χ3n) is 6.14. The van der Waals surface area contributed by atoms with E-state index in [1.54, 1.807) is 0 Å². The minimum atomic E-state index is -0.580. The van der Waals surface area contributed by atoms with E-state index in [-0.39, 0.29) is 11.3 Å². The van der Waals surface area contributed by atoms with Gasteiger partial charge in [0.25, 0.3) is 0 Å². The molecule has 1 aromatic carbocycles. The predicted octanol–water partition coefficient (Wildman–Crippen LogP) is 3.57. The highest BCUT2D eigenvalue weighted by Crippen LogP contribution is 2.61. The lowest BCUT2D eigenvalue weighted by Gasteiger charge is -2.59. The Balaban J connectivity index is 1.60. The molecule has 4 aliphatic rings. The number of carbonyl (C=O) groups excluding carboxylic acids is 1. The lowest BCUT2D eigenvalue weighted by molar-refractivity contribution is -0.174. The maximum Gasteiger partial charge on any atom is 0.230 e. The summed E-state index contributed by atoms with van der Waals surface area (Å²) in [6.07, 6.45) is 5.60. The average molecular weight is 299 g/mol. The molecule has 2 unspecified atom stereocenters. The summed E-state index contributed by atoms with van der Waals surface area (Å²) in [4.78, 5) is 13.0. The summed E-state index contributed by atoms with van der Waals surface area (Å²) in [6.45, 7) is 4.10. The minimum absolute atomic E-state index is 0.131. The molecule has 0 heterocycles. The zero-order valence-electron chi connectivity index (χ0n) is 13.5. The van der Waals surface area contributed by atoms with E-state index in [4.69, 9.17) is 0 Å². The lowest BCUT2D eigenvalue weighted by Crippen LogP contribution is -2.59. The van der Waals surface area contributed by atoms with Crippen LogP contribution in [0.1, 0.15) is 49.7 Å². The van der Waals surface area contributed by atoms with Crippen LogP contribution in [-0.2, 0) is 4.79 Å². The molecule has 1 aromatic rings. The standard InChI is InChI=1S/C19H25NO2/c1-12-3-4-16(13(2)5-12)20-17(21)18-7-14-6-15(8-18)10-19(22,9-14)11-18/h3-5,14-15,22H,6-11H2,1-2H3,(H,20,21). The fraction of sp³-hybridized carbons (Fsp3) is 0.632. The molecule has 3 heteroatoms. The molecule has 0 aliphatic heterocycles. The molecule has 22 heavy (non-hydrogen) atoms. The molecule has 0 aromatic heterocycles. The van der Waals surface area contributed by atoms with E-state index >= 15 is 0 Å². The van der Waals surface area contributed by atoms with E-state index < -0.39 is 5.60 Å². The normalized spacial score (nSPS) is 39.0. The topological polar surface area (TPSA) is 49.3 Å². The van der Waals surface area contributed by atoms with E-state index in [9.17, 15) is 9.90 Å². The zero-order valence-corrected chi connectivity index (χ0v) is 13.5. The van der Waals surface area contributed by atoms with Gasteiger partial charge in [0.1, 0.15) is 0 Å². The maximum absolute atomic E-state index is 13.0. The summed E-state index contributed by atoms with van der Waals surface area (Å²) < 4.78 is 0. The Morgan fingerprint density at radius 1 is 1.18 bits per heavy atom. The fourth-order valence-corrected chi connectivity index (χ4v) is 5.69. The number of carbonyl (C=O) groups is 1. The van der Waals surface area contributed by atoms with Crippen LogP contribution in [0.3, 0.4) is 0 Å². The van der Waals surface area contributed by atoms with Crippen LogP contribution in [-0.4, -0.2) is 16.6 Å². The van der Waals surface area contributed by atoms with Crippen LogP contribution < -0.4 is 5.32 Å². The molecule has 0 saturated heterocycles. The van der Waals surface area contributed by atoms with Crippen molar-refractivity contribution in [1.82, 2.24) is 0 Å². The fourth-order valence-electron chi connectivity index (χ4n) is 5.69. The van der Waals surface area contributed by atoms with Crippen LogP contribution in [0.5, 0.6) is 0 Å². The van der Waals surface area contributed by atoms with Gasteiger partial charge in [0.05, 0.1) is 11.0 Å². The van der Waals surface area contributed by atoms with Crippen LogP contribution >= 0.6 is 0 Å². The lowest BCUT2D eigenvalue weighted by atomic mass is 9.47. The second-order valence-corrected chi connectivity index (χ2v) is 8.24. The first-order valence-corrected chi connectivity index (χ1v) is 8.49. The largest absolute Gasteiger partial charge is 0.390 e. The van der Waals surface area contributed by atoms with Gasteiger partial charge < -0.3 is 10.4 Å². The van der Waals surface area contributed by atoms with Gasteiger partial charge >= 0.3 is 0 Å². The van der Waals surface area contributed by atoms with Crippen molar-refractivity contribution in [3.63, 3.8) is 0 Å². The number of anilines is 1. The predicted molar refractivity (Wildman–Crippen MR) is 86.6 cm³/mol. The Morgan fingerprint density at radius 2 is 1.86 bits per heavy atom. The smallest absolute Gasteiger partial charge is 0.230 e. The highest BCUT2D eigenvalue weighted by Gasteiger charge is 2.60. The number of hydrogen-bond acceptors (Lipinski definition) is 2. The first-order chi connectivity index (χ1) is 10.4. The third-order valence-corrected chi connectivity index (χ3v) is 6.14. The van der Waals surface area contributed by atoms with Crippen LogP contribution in [0.4, 0.5) is 5.69 Å². The van der Waals surface area contributed by atoms with Crippen LogP contribution in [0.25, 0.3) is 0 Å². The monoisotopic (exact) mass is 299 g/mol. The molecule has 5 rings (SSSR count).